The molecule has 0 atom stereocenters. The van der Waals surface area contributed by atoms with Crippen LogP contribution in [-0.2, 0) is 16.6 Å². The molecule has 2 amide bonds. The normalized spacial score (nSPS) is 14.8. The molecular weight excluding hydrogens is 472 g/mol. The molecule has 1 aliphatic heterocycles. The summed E-state index contributed by atoms with van der Waals surface area (Å²) in [4.78, 5) is 20.4. The van der Waals surface area contributed by atoms with Gasteiger partial charge in [0.25, 0.3) is 10.0 Å². The molecule has 1 aliphatic rings. The molecule has 0 N–H and O–H groups in total. The van der Waals surface area contributed by atoms with Crippen LogP contribution in [0.3, 0.4) is 0 Å². The molecular formula is C24H20N4O4S2. The summed E-state index contributed by atoms with van der Waals surface area (Å²) in [5, 5.41) is 4.04. The Labute approximate surface area is 201 Å². The Morgan fingerprint density at radius 2 is 1.68 bits per heavy atom. The Kier molecular flexibility index (Phi) is 5.62. The van der Waals surface area contributed by atoms with Crippen molar-refractivity contribution in [3.05, 3.63) is 84.3 Å². The molecule has 172 valence electrons. The summed E-state index contributed by atoms with van der Waals surface area (Å²) in [7, 11) is -4.09. The number of aromatic nitrogens is 2. The van der Waals surface area contributed by atoms with Gasteiger partial charge in [0.15, 0.2) is 0 Å². The van der Waals surface area contributed by atoms with Crippen molar-refractivity contribution in [3.63, 3.8) is 0 Å². The van der Waals surface area contributed by atoms with Crippen molar-refractivity contribution in [2.24, 2.45) is 0 Å². The van der Waals surface area contributed by atoms with E-state index in [1.165, 1.54) is 11.0 Å². The number of fused-ring (bicyclic) bond motifs is 1. The van der Waals surface area contributed by atoms with Gasteiger partial charge >= 0.3 is 6.03 Å². The second kappa shape index (κ2) is 8.62. The quantitative estimate of drug-likeness (QED) is 0.358. The van der Waals surface area contributed by atoms with Gasteiger partial charge in [0, 0.05) is 10.5 Å². The Hall–Kier alpha value is -3.63. The number of aryl methyl sites for hydroxylation is 1. The summed E-state index contributed by atoms with van der Waals surface area (Å²) in [6.45, 7) is 1.81. The molecule has 0 saturated heterocycles. The highest BCUT2D eigenvalue weighted by atomic mass is 32.2. The highest BCUT2D eigenvalue weighted by Crippen LogP contribution is 2.38. The molecule has 0 spiro atoms. The number of para-hydroxylation sites is 1. The van der Waals surface area contributed by atoms with Crippen LogP contribution in [-0.4, -0.2) is 30.8 Å². The zero-order valence-electron chi connectivity index (χ0n) is 18.4. The Morgan fingerprint density at radius 3 is 2.38 bits per heavy atom. The minimum absolute atomic E-state index is 0.0302. The fourth-order valence-electron chi connectivity index (χ4n) is 3.71. The number of nitrogens with zero attached hydrogens (tertiary/aromatic N) is 4. The maximum atomic E-state index is 13.5. The zero-order valence-corrected chi connectivity index (χ0v) is 20.0. The second-order valence-electron chi connectivity index (χ2n) is 7.68. The lowest BCUT2D eigenvalue weighted by atomic mass is 10.2. The molecule has 5 rings (SSSR count). The van der Waals surface area contributed by atoms with E-state index in [0.717, 1.165) is 20.3 Å². The first-order valence-corrected chi connectivity index (χ1v) is 13.0. The van der Waals surface area contributed by atoms with Gasteiger partial charge in [0.1, 0.15) is 11.4 Å². The molecule has 10 heteroatoms. The van der Waals surface area contributed by atoms with E-state index in [0.29, 0.717) is 5.82 Å². The summed E-state index contributed by atoms with van der Waals surface area (Å²) >= 11 is 1.63. The molecule has 34 heavy (non-hydrogen) atoms. The molecule has 2 heterocycles. The van der Waals surface area contributed by atoms with E-state index in [-0.39, 0.29) is 28.7 Å². The summed E-state index contributed by atoms with van der Waals surface area (Å²) in [6.07, 6.45) is 2.00. The van der Waals surface area contributed by atoms with Crippen LogP contribution in [0.5, 0.6) is 0 Å². The van der Waals surface area contributed by atoms with Gasteiger partial charge in [-0.15, -0.1) is 11.8 Å². The average Bonchev–Trinajstić information content (AvgIpc) is 3.32. The smallest absolute Gasteiger partial charge is 0.337 e. The first-order chi connectivity index (χ1) is 16.4. The van der Waals surface area contributed by atoms with Crippen molar-refractivity contribution >= 4 is 39.2 Å². The molecule has 0 bridgehead atoms. The van der Waals surface area contributed by atoms with Gasteiger partial charge in [0.2, 0.25) is 11.7 Å². The molecule has 0 unspecified atom stereocenters. The van der Waals surface area contributed by atoms with E-state index >= 15 is 0 Å². The van der Waals surface area contributed by atoms with Crippen LogP contribution in [0.15, 0.2) is 87.1 Å². The number of carbonyl (C=O) groups excluding carboxylic acids is 1. The lowest BCUT2D eigenvalue weighted by Crippen LogP contribution is -2.50. The van der Waals surface area contributed by atoms with Crippen LogP contribution in [0.25, 0.3) is 11.4 Å². The van der Waals surface area contributed by atoms with E-state index < -0.39 is 16.1 Å². The van der Waals surface area contributed by atoms with Gasteiger partial charge in [-0.25, -0.2) is 13.2 Å². The monoisotopic (exact) mass is 492 g/mol. The number of benzene rings is 3. The van der Waals surface area contributed by atoms with Gasteiger partial charge in [-0.05, 0) is 61.7 Å². The second-order valence-corrected chi connectivity index (χ2v) is 10.3. The molecule has 1 aromatic heterocycles. The van der Waals surface area contributed by atoms with Crippen LogP contribution in [0, 0.1) is 6.92 Å². The molecule has 4 aromatic rings. The molecule has 0 aliphatic carbocycles. The largest absolute Gasteiger partial charge is 0.343 e. The van der Waals surface area contributed by atoms with Gasteiger partial charge in [-0.2, -0.15) is 9.29 Å². The topological polar surface area (TPSA) is 96.6 Å². The zero-order chi connectivity index (χ0) is 23.9. The Bertz CT molecular complexity index is 1470. The highest BCUT2D eigenvalue weighted by Gasteiger charge is 2.43. The van der Waals surface area contributed by atoms with Crippen LogP contribution >= 0.6 is 11.8 Å². The van der Waals surface area contributed by atoms with Crippen LogP contribution in [0.2, 0.25) is 0 Å². The number of carbonyl (C=O) groups is 1. The number of hydrogen-bond donors (Lipinski definition) is 0. The van der Waals surface area contributed by atoms with Crippen molar-refractivity contribution < 1.29 is 17.7 Å². The first kappa shape index (κ1) is 22.2. The third kappa shape index (κ3) is 3.84. The van der Waals surface area contributed by atoms with E-state index in [9.17, 15) is 13.2 Å². The fraction of sp³-hybridized carbons (Fsp3) is 0.125. The number of anilines is 2. The predicted molar refractivity (Wildman–Crippen MR) is 130 cm³/mol. The van der Waals surface area contributed by atoms with Gasteiger partial charge < -0.3 is 4.52 Å². The summed E-state index contributed by atoms with van der Waals surface area (Å²) in [5.41, 5.74) is 2.25. The molecule has 8 nitrogen and oxygen atoms in total. The number of amides is 2. The van der Waals surface area contributed by atoms with Crippen LogP contribution in [0.1, 0.15) is 11.5 Å². The SMILES string of the molecule is CSc1ccc(-c2noc(CN3C(=O)N(c4ccc(C)cc4)S(=O)(=O)c4ccccc43)n2)cc1. The molecule has 3 aromatic carbocycles. The molecule has 0 radical (unpaired) electrons. The van der Waals surface area contributed by atoms with Crippen molar-refractivity contribution in [2.45, 2.75) is 23.3 Å². The maximum absolute atomic E-state index is 13.5. The minimum Gasteiger partial charge on any atom is -0.337 e. The third-order valence-corrected chi connectivity index (χ3v) is 7.95. The van der Waals surface area contributed by atoms with Gasteiger partial charge in [-0.1, -0.05) is 35.0 Å². The van der Waals surface area contributed by atoms with Crippen LogP contribution < -0.4 is 9.21 Å². The summed E-state index contributed by atoms with van der Waals surface area (Å²) in [5.74, 6) is 0.582. The number of sulfonamides is 1. The number of rotatable bonds is 5. The van der Waals surface area contributed by atoms with Crippen molar-refractivity contribution in [1.82, 2.24) is 10.1 Å². The van der Waals surface area contributed by atoms with E-state index in [2.05, 4.69) is 10.1 Å². The summed E-state index contributed by atoms with van der Waals surface area (Å²) in [6, 6.07) is 20.1. The lowest BCUT2D eigenvalue weighted by molar-refractivity contribution is 0.252. The third-order valence-electron chi connectivity index (χ3n) is 5.46. The maximum Gasteiger partial charge on any atom is 0.343 e. The Balaban J connectivity index is 1.52. The first-order valence-electron chi connectivity index (χ1n) is 10.4. The number of urea groups is 1. The number of thioether (sulfide) groups is 1. The van der Waals surface area contributed by atoms with Gasteiger partial charge in [-0.3, -0.25) is 4.90 Å². The molecule has 0 saturated carbocycles. The van der Waals surface area contributed by atoms with E-state index in [1.54, 1.807) is 54.2 Å². The average molecular weight is 493 g/mol. The standard InChI is InChI=1S/C24H20N4O4S2/c1-16-7-11-18(12-8-16)28-24(29)27(20-5-3-4-6-21(20)34(28,30)31)15-22-25-23(26-32-22)17-9-13-19(33-2)14-10-17/h3-14H,15H2,1-2H3. The summed E-state index contributed by atoms with van der Waals surface area (Å²) < 4.78 is 33.0. The van der Waals surface area contributed by atoms with Crippen molar-refractivity contribution in [3.8, 4) is 11.4 Å². The predicted octanol–water partition coefficient (Wildman–Crippen LogP) is 5.10. The number of hydrogen-bond acceptors (Lipinski definition) is 7. The highest BCUT2D eigenvalue weighted by molar-refractivity contribution is 7.98. The van der Waals surface area contributed by atoms with E-state index in [4.69, 9.17) is 4.52 Å². The van der Waals surface area contributed by atoms with E-state index in [1.807, 2.05) is 37.4 Å². The molecule has 0 fully saturated rings. The van der Waals surface area contributed by atoms with Crippen LogP contribution in [0.4, 0.5) is 16.2 Å². The lowest BCUT2D eigenvalue weighted by Gasteiger charge is -2.35. The fourth-order valence-corrected chi connectivity index (χ4v) is 5.71. The van der Waals surface area contributed by atoms with Crippen molar-refractivity contribution in [1.29, 1.82) is 0 Å². The Morgan fingerprint density at radius 1 is 0.971 bits per heavy atom. The van der Waals surface area contributed by atoms with Crippen molar-refractivity contribution in [2.75, 3.05) is 15.5 Å². The van der Waals surface area contributed by atoms with Gasteiger partial charge in [0.05, 0.1) is 11.4 Å². The minimum atomic E-state index is -4.09.